The van der Waals surface area contributed by atoms with Gasteiger partial charge in [-0.25, -0.2) is 4.79 Å². The molecule has 2 N–H and O–H groups in total. The molecule has 0 bridgehead atoms. The van der Waals surface area contributed by atoms with Crippen LogP contribution in [0.1, 0.15) is 15.9 Å². The van der Waals surface area contributed by atoms with Crippen LogP contribution in [0.25, 0.3) is 0 Å². The third-order valence-corrected chi connectivity index (χ3v) is 3.25. The number of halogens is 1. The van der Waals surface area contributed by atoms with Gasteiger partial charge in [0, 0.05) is 9.26 Å². The summed E-state index contributed by atoms with van der Waals surface area (Å²) in [6, 6.07) is 13.1. The highest BCUT2D eigenvalue weighted by Gasteiger charge is 2.10. The Kier molecular flexibility index (Phi) is 3.86. The summed E-state index contributed by atoms with van der Waals surface area (Å²) in [6.45, 7) is 1.88. The van der Waals surface area contributed by atoms with Crippen molar-refractivity contribution in [3.63, 3.8) is 0 Å². The zero-order valence-corrected chi connectivity index (χ0v) is 11.9. The monoisotopic (exact) mass is 353 g/mol. The molecule has 0 atom stereocenters. The maximum Gasteiger partial charge on any atom is 0.337 e. The van der Waals surface area contributed by atoms with E-state index in [2.05, 4.69) is 27.9 Å². The van der Waals surface area contributed by atoms with E-state index in [9.17, 15) is 9.90 Å². The normalized spacial score (nSPS) is 10.1. The van der Waals surface area contributed by atoms with Gasteiger partial charge in [-0.05, 0) is 65.9 Å². The summed E-state index contributed by atoms with van der Waals surface area (Å²) in [5.41, 5.74) is 2.70. The zero-order valence-electron chi connectivity index (χ0n) is 9.77. The van der Waals surface area contributed by atoms with Gasteiger partial charge in [0.15, 0.2) is 0 Å². The van der Waals surface area contributed by atoms with Gasteiger partial charge in [0.1, 0.15) is 0 Å². The Morgan fingerprint density at radius 3 is 2.44 bits per heavy atom. The minimum Gasteiger partial charge on any atom is -0.478 e. The molecule has 2 aromatic carbocycles. The number of aryl methyl sites for hydroxylation is 1. The minimum absolute atomic E-state index is 0.286. The van der Waals surface area contributed by atoms with Crippen LogP contribution in [0.4, 0.5) is 11.4 Å². The number of rotatable bonds is 3. The number of carbonyl (C=O) groups is 1. The number of hydrogen-bond acceptors (Lipinski definition) is 2. The maximum absolute atomic E-state index is 11.2. The van der Waals surface area contributed by atoms with Crippen LogP contribution in [0.15, 0.2) is 42.5 Å². The summed E-state index contributed by atoms with van der Waals surface area (Å²) in [5, 5.41) is 12.3. The van der Waals surface area contributed by atoms with Crippen molar-refractivity contribution >= 4 is 39.9 Å². The fourth-order valence-corrected chi connectivity index (χ4v) is 1.99. The van der Waals surface area contributed by atoms with Gasteiger partial charge in [-0.15, -0.1) is 0 Å². The van der Waals surface area contributed by atoms with Gasteiger partial charge < -0.3 is 10.4 Å². The predicted molar refractivity (Wildman–Crippen MR) is 80.6 cm³/mol. The molecule has 0 aliphatic rings. The molecule has 92 valence electrons. The van der Waals surface area contributed by atoms with Crippen LogP contribution in [0.3, 0.4) is 0 Å². The van der Waals surface area contributed by atoms with E-state index < -0.39 is 5.97 Å². The highest BCUT2D eigenvalue weighted by atomic mass is 127. The summed E-state index contributed by atoms with van der Waals surface area (Å²) in [5.74, 6) is -0.924. The zero-order chi connectivity index (χ0) is 13.1. The van der Waals surface area contributed by atoms with Crippen LogP contribution < -0.4 is 5.32 Å². The van der Waals surface area contributed by atoms with Crippen molar-refractivity contribution in [2.24, 2.45) is 0 Å². The van der Waals surface area contributed by atoms with Gasteiger partial charge in [-0.3, -0.25) is 0 Å². The molecule has 2 aromatic rings. The molecule has 3 nitrogen and oxygen atoms in total. The van der Waals surface area contributed by atoms with Gasteiger partial charge in [-0.2, -0.15) is 0 Å². The summed E-state index contributed by atoms with van der Waals surface area (Å²) < 4.78 is 1.14. The third-order valence-electron chi connectivity index (χ3n) is 2.53. The van der Waals surface area contributed by atoms with Crippen molar-refractivity contribution in [1.82, 2.24) is 0 Å². The fraction of sp³-hybridized carbons (Fsp3) is 0.0714. The lowest BCUT2D eigenvalue weighted by molar-refractivity contribution is 0.0698. The number of benzene rings is 2. The Labute approximate surface area is 119 Å². The van der Waals surface area contributed by atoms with Crippen LogP contribution in [0.2, 0.25) is 0 Å². The van der Waals surface area contributed by atoms with E-state index in [1.165, 1.54) is 0 Å². The molecule has 0 heterocycles. The first-order valence-electron chi connectivity index (χ1n) is 5.43. The summed E-state index contributed by atoms with van der Waals surface area (Å²) in [6.07, 6.45) is 0. The molecule has 2 rings (SSSR count). The molecule has 0 aromatic heterocycles. The molecule has 4 heteroatoms. The van der Waals surface area contributed by atoms with Crippen LogP contribution in [0, 0.1) is 10.5 Å². The van der Waals surface area contributed by atoms with E-state index in [1.54, 1.807) is 12.1 Å². The van der Waals surface area contributed by atoms with E-state index in [1.807, 2.05) is 37.3 Å². The molecule has 0 amide bonds. The summed E-state index contributed by atoms with van der Waals surface area (Å²) in [7, 11) is 0. The molecule has 0 aliphatic heterocycles. The van der Waals surface area contributed by atoms with Crippen molar-refractivity contribution < 1.29 is 9.90 Å². The lowest BCUT2D eigenvalue weighted by Crippen LogP contribution is -2.03. The minimum atomic E-state index is -0.924. The molecule has 0 saturated heterocycles. The van der Waals surface area contributed by atoms with Crippen molar-refractivity contribution in [2.45, 2.75) is 6.92 Å². The second kappa shape index (κ2) is 5.39. The summed E-state index contributed by atoms with van der Waals surface area (Å²) >= 11 is 2.23. The Morgan fingerprint density at radius 1 is 1.17 bits per heavy atom. The van der Waals surface area contributed by atoms with Crippen molar-refractivity contribution in [3.05, 3.63) is 57.2 Å². The third kappa shape index (κ3) is 3.01. The first kappa shape index (κ1) is 12.9. The van der Waals surface area contributed by atoms with Gasteiger partial charge in [0.05, 0.1) is 11.3 Å². The molecule has 0 fully saturated rings. The summed E-state index contributed by atoms with van der Waals surface area (Å²) in [4.78, 5) is 11.2. The Bertz CT molecular complexity index is 579. The molecule has 0 radical (unpaired) electrons. The fourth-order valence-electron chi connectivity index (χ4n) is 1.63. The first-order valence-corrected chi connectivity index (χ1v) is 6.50. The van der Waals surface area contributed by atoms with Gasteiger partial charge >= 0.3 is 5.97 Å². The number of carboxylic acids is 1. The lowest BCUT2D eigenvalue weighted by Gasteiger charge is -2.10. The predicted octanol–water partition coefficient (Wildman–Crippen LogP) is 4.04. The number of carboxylic acid groups (broad SMARTS) is 1. The number of nitrogens with one attached hydrogen (secondary N) is 1. The largest absolute Gasteiger partial charge is 0.478 e. The van der Waals surface area contributed by atoms with Crippen molar-refractivity contribution in [2.75, 3.05) is 5.32 Å². The van der Waals surface area contributed by atoms with Crippen LogP contribution in [-0.2, 0) is 0 Å². The smallest absolute Gasteiger partial charge is 0.337 e. The molecule has 0 unspecified atom stereocenters. The molecular weight excluding hydrogens is 341 g/mol. The topological polar surface area (TPSA) is 49.3 Å². The van der Waals surface area contributed by atoms with Crippen LogP contribution in [-0.4, -0.2) is 11.1 Å². The van der Waals surface area contributed by atoms with Crippen LogP contribution in [0.5, 0.6) is 0 Å². The average molecular weight is 353 g/mol. The Morgan fingerprint density at radius 2 is 1.83 bits per heavy atom. The SMILES string of the molecule is Cc1ccc(Nc2ccc(I)cc2)c(C(=O)O)c1. The molecule has 0 spiro atoms. The molecular formula is C14H12INO2. The number of hydrogen-bond donors (Lipinski definition) is 2. The lowest BCUT2D eigenvalue weighted by atomic mass is 10.1. The van der Waals surface area contributed by atoms with E-state index >= 15 is 0 Å². The maximum atomic E-state index is 11.2. The van der Waals surface area contributed by atoms with Gasteiger partial charge in [-0.1, -0.05) is 11.6 Å². The quantitative estimate of drug-likeness (QED) is 0.819. The molecule has 0 saturated carbocycles. The van der Waals surface area contributed by atoms with E-state index in [0.717, 1.165) is 14.8 Å². The van der Waals surface area contributed by atoms with Gasteiger partial charge in [0.2, 0.25) is 0 Å². The Hall–Kier alpha value is -1.56. The average Bonchev–Trinajstić information content (AvgIpc) is 2.34. The van der Waals surface area contributed by atoms with E-state index in [0.29, 0.717) is 5.69 Å². The van der Waals surface area contributed by atoms with Crippen LogP contribution >= 0.6 is 22.6 Å². The van der Waals surface area contributed by atoms with E-state index in [4.69, 9.17) is 0 Å². The van der Waals surface area contributed by atoms with Crippen molar-refractivity contribution in [1.29, 1.82) is 0 Å². The van der Waals surface area contributed by atoms with Gasteiger partial charge in [0.25, 0.3) is 0 Å². The highest BCUT2D eigenvalue weighted by Crippen LogP contribution is 2.22. The van der Waals surface area contributed by atoms with E-state index in [-0.39, 0.29) is 5.56 Å². The highest BCUT2D eigenvalue weighted by molar-refractivity contribution is 14.1. The van der Waals surface area contributed by atoms with Crippen molar-refractivity contribution in [3.8, 4) is 0 Å². The first-order chi connectivity index (χ1) is 8.56. The second-order valence-electron chi connectivity index (χ2n) is 3.99. The second-order valence-corrected chi connectivity index (χ2v) is 5.23. The number of aromatic carboxylic acids is 1. The molecule has 0 aliphatic carbocycles. The molecule has 18 heavy (non-hydrogen) atoms. The standard InChI is InChI=1S/C14H12INO2/c1-9-2-7-13(12(8-9)14(17)18)16-11-5-3-10(15)4-6-11/h2-8,16H,1H3,(H,17,18). The number of anilines is 2. The Balaban J connectivity index is 2.34.